The van der Waals surface area contributed by atoms with E-state index in [0.29, 0.717) is 36.8 Å². The van der Waals surface area contributed by atoms with Gasteiger partial charge in [0.25, 0.3) is 5.56 Å². The molecule has 0 radical (unpaired) electrons. The normalized spacial score (nSPS) is 30.1. The van der Waals surface area contributed by atoms with Crippen molar-refractivity contribution in [3.05, 3.63) is 29.3 Å². The number of nitrogens with one attached hydrogen (secondary N) is 1. The van der Waals surface area contributed by atoms with Crippen molar-refractivity contribution >= 4 is 64.1 Å². The number of aromatic amines is 1. The summed E-state index contributed by atoms with van der Waals surface area (Å²) in [5.74, 6) is 0.138. The number of H-pyrrole nitrogens is 1. The van der Waals surface area contributed by atoms with E-state index in [2.05, 4.69) is 51.2 Å². The van der Waals surface area contributed by atoms with Crippen molar-refractivity contribution in [2.24, 2.45) is 5.92 Å². The molecule has 7 N–H and O–H groups in total. The van der Waals surface area contributed by atoms with Crippen LogP contribution in [0, 0.1) is 5.92 Å². The zero-order valence-corrected chi connectivity index (χ0v) is 27.9. The minimum atomic E-state index is -1.07. The number of rotatable bonds is 13. The molecule has 2 unspecified atom stereocenters. The van der Waals surface area contributed by atoms with Crippen molar-refractivity contribution in [3.63, 3.8) is 0 Å². The third kappa shape index (κ3) is 5.87. The lowest BCUT2D eigenvalue weighted by Gasteiger charge is -2.33. The molecule has 0 amide bonds. The van der Waals surface area contributed by atoms with Gasteiger partial charge in [0.15, 0.2) is 28.9 Å². The number of anilines is 2. The van der Waals surface area contributed by atoms with Crippen LogP contribution in [0.3, 0.4) is 0 Å². The van der Waals surface area contributed by atoms with Gasteiger partial charge in [0.1, 0.15) is 35.5 Å². The number of aliphatic hydroxyl groups is 1. The molecule has 18 nitrogen and oxygen atoms in total. The second-order valence-corrected chi connectivity index (χ2v) is 13.8. The van der Waals surface area contributed by atoms with Crippen LogP contribution in [0.1, 0.15) is 31.4 Å². The average molecular weight is 699 g/mol. The fourth-order valence-corrected chi connectivity index (χ4v) is 9.10. The van der Waals surface area contributed by atoms with Gasteiger partial charge in [-0.1, -0.05) is 6.92 Å². The van der Waals surface area contributed by atoms with Gasteiger partial charge in [0.05, 0.1) is 36.7 Å². The van der Waals surface area contributed by atoms with Crippen LogP contribution in [-0.2, 0) is 23.4 Å². The molecular weight excluding hydrogens is 662 g/mol. The molecule has 6 heterocycles. The van der Waals surface area contributed by atoms with E-state index < -0.39 is 40.2 Å². The maximum atomic E-state index is 12.2. The predicted octanol–water partition coefficient (Wildman–Crippen LogP) is 1.07. The number of nitrogens with zero attached hydrogens (tertiary/aromatic N) is 7. The standard InChI is InChI=1S/C25H36N10O8P2S/c1-3-25(7-40-44)11(16(39-2)22(42-25)34-9-30-13-18(26)28-8-29-19(13)34)4-5-45-41-6-12-15(36)17(43-38)23(46-12)35-10-31-14-20(35)32-24(27)33-21(14)37/h8-12,15-17,22-23,36,38,45H,3-7,44H2,1-2H3,(H2,26,28,29)(H3,27,32,33,37)/t11-,12+,15+,16+,17+,22+,23+,25+/m0/s1. The molecule has 250 valence electrons. The maximum Gasteiger partial charge on any atom is 0.280 e. The van der Waals surface area contributed by atoms with Crippen LogP contribution < -0.4 is 17.0 Å². The molecule has 0 aromatic carbocycles. The smallest absolute Gasteiger partial charge is 0.280 e. The van der Waals surface area contributed by atoms with E-state index in [1.54, 1.807) is 18.0 Å². The number of nitrogen functional groups attached to an aromatic ring is 2. The molecule has 10 atom stereocenters. The lowest BCUT2D eigenvalue weighted by Crippen LogP contribution is -2.42. The van der Waals surface area contributed by atoms with Gasteiger partial charge in [-0.15, -0.1) is 11.8 Å². The van der Waals surface area contributed by atoms with Gasteiger partial charge in [-0.25, -0.2) is 24.8 Å². The number of aliphatic hydroxyl groups excluding tert-OH is 1. The first-order valence-electron chi connectivity index (χ1n) is 14.4. The van der Waals surface area contributed by atoms with E-state index in [-0.39, 0.29) is 50.4 Å². The highest BCUT2D eigenvalue weighted by Gasteiger charge is 2.55. The molecule has 21 heteroatoms. The van der Waals surface area contributed by atoms with Gasteiger partial charge in [0, 0.05) is 31.3 Å². The number of fused-ring (bicyclic) bond motifs is 2. The molecule has 2 aliphatic rings. The third-order valence-electron chi connectivity index (χ3n) is 8.63. The van der Waals surface area contributed by atoms with Gasteiger partial charge in [-0.05, 0) is 19.0 Å². The number of hydrogen-bond donors (Lipinski definition) is 5. The highest BCUT2D eigenvalue weighted by Crippen LogP contribution is 2.49. The molecular formula is C25H36N10O8P2S. The highest BCUT2D eigenvalue weighted by atomic mass is 32.2. The number of methoxy groups -OCH3 is 1. The molecule has 2 saturated heterocycles. The zero-order chi connectivity index (χ0) is 32.6. The van der Waals surface area contributed by atoms with Crippen molar-refractivity contribution in [1.82, 2.24) is 39.0 Å². The van der Waals surface area contributed by atoms with Crippen LogP contribution in [0.4, 0.5) is 11.8 Å². The summed E-state index contributed by atoms with van der Waals surface area (Å²) in [7, 11) is 4.05. The maximum absolute atomic E-state index is 12.2. The largest absolute Gasteiger partial charge is 0.389 e. The predicted molar refractivity (Wildman–Crippen MR) is 173 cm³/mol. The molecule has 4 aromatic rings. The van der Waals surface area contributed by atoms with Gasteiger partial charge in [-0.2, -0.15) is 4.98 Å². The van der Waals surface area contributed by atoms with E-state index in [1.165, 1.54) is 24.4 Å². The number of thioether (sulfide) groups is 1. The number of ether oxygens (including phenoxy) is 2. The number of hydrogen-bond acceptors (Lipinski definition) is 16. The van der Waals surface area contributed by atoms with E-state index in [1.807, 2.05) is 4.57 Å². The second-order valence-electron chi connectivity index (χ2n) is 11.0. The molecule has 4 aromatic heterocycles. The summed E-state index contributed by atoms with van der Waals surface area (Å²) in [6, 6.07) is 0. The Labute approximate surface area is 270 Å². The highest BCUT2D eigenvalue weighted by molar-refractivity contribution is 8.00. The molecule has 0 saturated carbocycles. The Morgan fingerprint density at radius 2 is 1.96 bits per heavy atom. The Balaban J connectivity index is 1.11. The Hall–Kier alpha value is -2.57. The summed E-state index contributed by atoms with van der Waals surface area (Å²) in [4.78, 5) is 40.4. The third-order valence-corrected chi connectivity index (χ3v) is 11.2. The summed E-state index contributed by atoms with van der Waals surface area (Å²) in [6.45, 7) is 2.57. The van der Waals surface area contributed by atoms with Crippen LogP contribution in [0.2, 0.25) is 0 Å². The van der Waals surface area contributed by atoms with E-state index in [9.17, 15) is 15.2 Å². The number of aromatic nitrogens is 8. The van der Waals surface area contributed by atoms with Crippen LogP contribution in [0.25, 0.3) is 22.3 Å². The van der Waals surface area contributed by atoms with Gasteiger partial charge in [-0.3, -0.25) is 24.2 Å². The minimum Gasteiger partial charge on any atom is -0.389 e. The van der Waals surface area contributed by atoms with Gasteiger partial charge >= 0.3 is 0 Å². The van der Waals surface area contributed by atoms with Crippen LogP contribution in [0.5, 0.6) is 0 Å². The van der Waals surface area contributed by atoms with Crippen LogP contribution in [-0.4, -0.2) is 105 Å². The van der Waals surface area contributed by atoms with Crippen LogP contribution in [0.15, 0.2) is 23.8 Å². The molecule has 0 spiro atoms. The fraction of sp³-hybridized carbons (Fsp3) is 0.600. The van der Waals surface area contributed by atoms with Crippen molar-refractivity contribution in [2.45, 2.75) is 60.5 Å². The summed E-state index contributed by atoms with van der Waals surface area (Å²) in [5.41, 5.74) is 11.9. The van der Waals surface area contributed by atoms with Gasteiger partial charge < -0.3 is 35.1 Å². The SMILES string of the molecule is CC[C@]1(COP)O[C@@H](n2cnc3c(N)ncnc32)[C@H](OC)[C@@H]1CCPOC[C@H]1S[C@@H](n2cnc3c(=O)[nH]c(N)nc32)[C@H](OO)[C@@H]1O. The summed E-state index contributed by atoms with van der Waals surface area (Å²) in [6.07, 6.45) is 3.52. The average Bonchev–Trinajstić information content (AvgIpc) is 3.80. The monoisotopic (exact) mass is 698 g/mol. The number of nitrogens with two attached hydrogens (primary N) is 2. The first kappa shape index (κ1) is 33.3. The van der Waals surface area contributed by atoms with E-state index in [0.717, 1.165) is 0 Å². The Morgan fingerprint density at radius 1 is 1.17 bits per heavy atom. The van der Waals surface area contributed by atoms with Crippen molar-refractivity contribution in [1.29, 1.82) is 0 Å². The quantitative estimate of drug-likeness (QED) is 0.0567. The Bertz CT molecular complexity index is 1730. The molecule has 6 rings (SSSR count). The first-order chi connectivity index (χ1) is 22.3. The molecule has 46 heavy (non-hydrogen) atoms. The van der Waals surface area contributed by atoms with Crippen molar-refractivity contribution in [2.75, 3.05) is 38.0 Å². The topological polar surface area (TPSA) is 246 Å². The lowest BCUT2D eigenvalue weighted by molar-refractivity contribution is -0.297. The molecule has 0 bridgehead atoms. The van der Waals surface area contributed by atoms with E-state index in [4.69, 9.17) is 30.0 Å². The summed E-state index contributed by atoms with van der Waals surface area (Å²) < 4.78 is 27.8. The molecule has 2 fully saturated rings. The van der Waals surface area contributed by atoms with Crippen LogP contribution >= 0.6 is 30.0 Å². The van der Waals surface area contributed by atoms with E-state index >= 15 is 0 Å². The van der Waals surface area contributed by atoms with Crippen molar-refractivity contribution in [3.8, 4) is 0 Å². The fourth-order valence-electron chi connectivity index (χ4n) is 6.35. The molecule has 0 aliphatic carbocycles. The van der Waals surface area contributed by atoms with Crippen molar-refractivity contribution < 1.29 is 33.8 Å². The molecule has 2 aliphatic heterocycles. The summed E-state index contributed by atoms with van der Waals surface area (Å²) in [5, 5.41) is 19.5. The Morgan fingerprint density at radius 3 is 2.70 bits per heavy atom. The second kappa shape index (κ2) is 13.9. The zero-order valence-electron chi connectivity index (χ0n) is 24.9. The summed E-state index contributed by atoms with van der Waals surface area (Å²) >= 11 is 1.32. The lowest BCUT2D eigenvalue weighted by atomic mass is 9.82. The number of imidazole rings is 2. The first-order valence-corrected chi connectivity index (χ1v) is 17.0. The minimum absolute atomic E-state index is 0.0682. The Kier molecular flexibility index (Phi) is 10.1. The van der Waals surface area contributed by atoms with Gasteiger partial charge in [0.2, 0.25) is 5.95 Å².